The molecule has 1 aromatic rings. The zero-order valence-corrected chi connectivity index (χ0v) is 13.0. The summed E-state index contributed by atoms with van der Waals surface area (Å²) in [6.45, 7) is 11.0. The van der Waals surface area contributed by atoms with Crippen LogP contribution >= 0.6 is 0 Å². The van der Waals surface area contributed by atoms with Gasteiger partial charge in [0, 0.05) is 30.9 Å². The van der Waals surface area contributed by atoms with Crippen LogP contribution in [0.3, 0.4) is 0 Å². The maximum Gasteiger partial charge on any atom is 0.135 e. The molecule has 0 spiro atoms. The van der Waals surface area contributed by atoms with Gasteiger partial charge in [0.15, 0.2) is 0 Å². The molecule has 2 heterocycles. The fourth-order valence-electron chi connectivity index (χ4n) is 2.40. The first-order valence-corrected chi connectivity index (χ1v) is 7.49. The van der Waals surface area contributed by atoms with Gasteiger partial charge in [-0.3, -0.25) is 0 Å². The first-order chi connectivity index (χ1) is 9.54. The van der Waals surface area contributed by atoms with Crippen molar-refractivity contribution in [1.82, 2.24) is 9.97 Å². The van der Waals surface area contributed by atoms with E-state index in [4.69, 9.17) is 4.74 Å². The number of hydrogen-bond acceptors (Lipinski definition) is 5. The number of anilines is 2. The molecule has 1 aromatic heterocycles. The number of nitrogens with one attached hydrogen (secondary N) is 2. The van der Waals surface area contributed by atoms with Crippen molar-refractivity contribution < 1.29 is 4.74 Å². The van der Waals surface area contributed by atoms with E-state index in [1.807, 2.05) is 6.92 Å². The highest BCUT2D eigenvalue weighted by atomic mass is 16.5. The third kappa shape index (κ3) is 3.60. The van der Waals surface area contributed by atoms with Gasteiger partial charge in [-0.25, -0.2) is 9.97 Å². The molecule has 2 N–H and O–H groups in total. The minimum atomic E-state index is 0.0613. The number of aryl methyl sites for hydroxylation is 1. The topological polar surface area (TPSA) is 59.1 Å². The summed E-state index contributed by atoms with van der Waals surface area (Å²) < 4.78 is 5.45. The Morgan fingerprint density at radius 2 is 1.80 bits per heavy atom. The highest BCUT2D eigenvalue weighted by molar-refractivity contribution is 5.58. The molecule has 0 amide bonds. The Morgan fingerprint density at radius 1 is 1.15 bits per heavy atom. The molecule has 0 unspecified atom stereocenters. The lowest BCUT2D eigenvalue weighted by Gasteiger charge is -2.35. The van der Waals surface area contributed by atoms with E-state index in [9.17, 15) is 0 Å². The first-order valence-electron chi connectivity index (χ1n) is 7.49. The molecule has 1 aliphatic rings. The van der Waals surface area contributed by atoms with Crippen LogP contribution in [0.25, 0.3) is 0 Å². The Balaban J connectivity index is 2.20. The molecule has 20 heavy (non-hydrogen) atoms. The number of rotatable bonds is 5. The summed E-state index contributed by atoms with van der Waals surface area (Å²) in [7, 11) is 0. The summed E-state index contributed by atoms with van der Waals surface area (Å²) in [6.07, 6.45) is 3.10. The lowest BCUT2D eigenvalue weighted by Crippen LogP contribution is -2.41. The smallest absolute Gasteiger partial charge is 0.135 e. The Hall–Kier alpha value is -1.36. The monoisotopic (exact) mass is 278 g/mol. The number of aromatic nitrogens is 2. The molecule has 5 nitrogen and oxygen atoms in total. The third-order valence-electron chi connectivity index (χ3n) is 3.82. The average molecular weight is 278 g/mol. The lowest BCUT2D eigenvalue weighted by atomic mass is 9.92. The van der Waals surface area contributed by atoms with Crippen LogP contribution in [0.4, 0.5) is 11.6 Å². The van der Waals surface area contributed by atoms with Gasteiger partial charge >= 0.3 is 0 Å². The molecule has 0 aliphatic carbocycles. The summed E-state index contributed by atoms with van der Waals surface area (Å²) >= 11 is 0. The van der Waals surface area contributed by atoms with Crippen molar-refractivity contribution >= 4 is 11.6 Å². The van der Waals surface area contributed by atoms with E-state index >= 15 is 0 Å². The van der Waals surface area contributed by atoms with E-state index < -0.39 is 0 Å². The standard InChI is InChI=1S/C15H26N4O/c1-5-8-16-13-11(2)14(18-12(3)17-13)19-15(4)6-9-20-10-7-15/h5-10H2,1-4H3,(H2,16,17,18,19). The summed E-state index contributed by atoms with van der Waals surface area (Å²) in [5, 5.41) is 6.99. The Morgan fingerprint density at radius 3 is 2.45 bits per heavy atom. The van der Waals surface area contributed by atoms with Crippen LogP contribution in [-0.2, 0) is 4.74 Å². The normalized spacial score (nSPS) is 17.8. The van der Waals surface area contributed by atoms with Gasteiger partial charge in [0.2, 0.25) is 0 Å². The van der Waals surface area contributed by atoms with E-state index in [-0.39, 0.29) is 5.54 Å². The summed E-state index contributed by atoms with van der Waals surface area (Å²) in [4.78, 5) is 9.08. The fourth-order valence-corrected chi connectivity index (χ4v) is 2.40. The van der Waals surface area contributed by atoms with Gasteiger partial charge in [-0.15, -0.1) is 0 Å². The van der Waals surface area contributed by atoms with Crippen LogP contribution in [0.2, 0.25) is 0 Å². The minimum absolute atomic E-state index is 0.0613. The van der Waals surface area contributed by atoms with E-state index in [2.05, 4.69) is 41.4 Å². The minimum Gasteiger partial charge on any atom is -0.381 e. The van der Waals surface area contributed by atoms with Gasteiger partial charge in [-0.05, 0) is 40.0 Å². The van der Waals surface area contributed by atoms with Crippen LogP contribution in [0.5, 0.6) is 0 Å². The van der Waals surface area contributed by atoms with Crippen molar-refractivity contribution in [2.75, 3.05) is 30.4 Å². The molecule has 112 valence electrons. The van der Waals surface area contributed by atoms with E-state index in [0.717, 1.165) is 62.0 Å². The largest absolute Gasteiger partial charge is 0.381 e. The summed E-state index contributed by atoms with van der Waals surface area (Å²) in [5.41, 5.74) is 1.16. The predicted molar refractivity (Wildman–Crippen MR) is 82.4 cm³/mol. The summed E-state index contributed by atoms with van der Waals surface area (Å²) in [6, 6.07) is 0. The second-order valence-corrected chi connectivity index (χ2v) is 5.82. The SMILES string of the molecule is CCCNc1nc(C)nc(NC2(C)CCOCC2)c1C. The molecule has 0 saturated carbocycles. The predicted octanol–water partition coefficient (Wildman–Crippen LogP) is 2.90. The van der Waals surface area contributed by atoms with Gasteiger partial charge in [0.25, 0.3) is 0 Å². The maximum atomic E-state index is 5.45. The summed E-state index contributed by atoms with van der Waals surface area (Å²) in [5.74, 6) is 2.69. The van der Waals surface area contributed by atoms with Gasteiger partial charge in [0.05, 0.1) is 0 Å². The van der Waals surface area contributed by atoms with Gasteiger partial charge in [-0.1, -0.05) is 6.92 Å². The van der Waals surface area contributed by atoms with Crippen molar-refractivity contribution in [3.05, 3.63) is 11.4 Å². The molecule has 1 fully saturated rings. The Bertz CT molecular complexity index is 455. The van der Waals surface area contributed by atoms with E-state index in [0.29, 0.717) is 0 Å². The molecular formula is C15H26N4O. The quantitative estimate of drug-likeness (QED) is 0.867. The molecule has 2 rings (SSSR count). The fraction of sp³-hybridized carbons (Fsp3) is 0.733. The first kappa shape index (κ1) is 15.0. The van der Waals surface area contributed by atoms with Crippen molar-refractivity contribution in [2.45, 2.75) is 52.5 Å². The van der Waals surface area contributed by atoms with Crippen molar-refractivity contribution in [2.24, 2.45) is 0 Å². The van der Waals surface area contributed by atoms with Gasteiger partial charge in [0.1, 0.15) is 17.5 Å². The maximum absolute atomic E-state index is 5.45. The molecule has 0 radical (unpaired) electrons. The molecule has 0 aromatic carbocycles. The number of nitrogens with zero attached hydrogens (tertiary/aromatic N) is 2. The van der Waals surface area contributed by atoms with Crippen LogP contribution < -0.4 is 10.6 Å². The third-order valence-corrected chi connectivity index (χ3v) is 3.82. The molecule has 0 atom stereocenters. The highest BCUT2D eigenvalue weighted by Gasteiger charge is 2.28. The average Bonchev–Trinajstić information content (AvgIpc) is 2.41. The molecule has 5 heteroatoms. The van der Waals surface area contributed by atoms with Gasteiger partial charge in [-0.2, -0.15) is 0 Å². The van der Waals surface area contributed by atoms with Crippen LogP contribution in [0, 0.1) is 13.8 Å². The molecular weight excluding hydrogens is 252 g/mol. The zero-order valence-electron chi connectivity index (χ0n) is 13.0. The van der Waals surface area contributed by atoms with E-state index in [1.165, 1.54) is 0 Å². The Kier molecular flexibility index (Phi) is 4.81. The number of hydrogen-bond donors (Lipinski definition) is 2. The second kappa shape index (κ2) is 6.39. The van der Waals surface area contributed by atoms with Crippen LogP contribution in [0.15, 0.2) is 0 Å². The lowest BCUT2D eigenvalue weighted by molar-refractivity contribution is 0.0657. The van der Waals surface area contributed by atoms with Crippen LogP contribution in [-0.4, -0.2) is 35.3 Å². The van der Waals surface area contributed by atoms with E-state index in [1.54, 1.807) is 0 Å². The number of ether oxygens (including phenoxy) is 1. The Labute approximate surface area is 121 Å². The molecule has 0 bridgehead atoms. The second-order valence-electron chi connectivity index (χ2n) is 5.82. The zero-order chi connectivity index (χ0) is 14.6. The van der Waals surface area contributed by atoms with Crippen molar-refractivity contribution in [3.8, 4) is 0 Å². The molecule has 1 aliphatic heterocycles. The van der Waals surface area contributed by atoms with Crippen LogP contribution in [0.1, 0.15) is 44.5 Å². The van der Waals surface area contributed by atoms with Gasteiger partial charge < -0.3 is 15.4 Å². The highest BCUT2D eigenvalue weighted by Crippen LogP contribution is 2.28. The van der Waals surface area contributed by atoms with Crippen molar-refractivity contribution in [1.29, 1.82) is 0 Å². The van der Waals surface area contributed by atoms with Crippen molar-refractivity contribution in [3.63, 3.8) is 0 Å². The molecule has 1 saturated heterocycles.